The molecule has 0 saturated carbocycles. The second-order valence-electron chi connectivity index (χ2n) is 8.35. The zero-order chi connectivity index (χ0) is 26.9. The van der Waals surface area contributed by atoms with Crippen LogP contribution in [0.15, 0.2) is 52.1 Å². The van der Waals surface area contributed by atoms with Crippen LogP contribution < -0.4 is 20.7 Å². The highest BCUT2D eigenvalue weighted by Gasteiger charge is 2.26. The smallest absolute Gasteiger partial charge is 0.337 e. The summed E-state index contributed by atoms with van der Waals surface area (Å²) in [6.07, 6.45) is 0. The molecule has 0 atom stereocenters. The van der Waals surface area contributed by atoms with Gasteiger partial charge in [-0.05, 0) is 44.5 Å². The Labute approximate surface area is 217 Å². The molecule has 1 amide bonds. The summed E-state index contributed by atoms with van der Waals surface area (Å²) >= 11 is 1.08. The molecule has 0 bridgehead atoms. The molecular formula is C27H28FN3O5S. The number of aromatic nitrogens is 2. The number of aryl methyl sites for hydroxylation is 1. The first-order valence-electron chi connectivity index (χ1n) is 11.8. The molecule has 0 radical (unpaired) electrons. The molecule has 0 aliphatic carbocycles. The summed E-state index contributed by atoms with van der Waals surface area (Å²) in [5.41, 5.74) is -0.288. The van der Waals surface area contributed by atoms with Crippen LogP contribution in [0.5, 0.6) is 11.5 Å². The van der Waals surface area contributed by atoms with Crippen molar-refractivity contribution >= 4 is 27.5 Å². The molecule has 8 nitrogen and oxygen atoms in total. The molecule has 2 aromatic heterocycles. The number of hydrogen-bond acceptors (Lipinski definition) is 6. The van der Waals surface area contributed by atoms with Gasteiger partial charge in [0.2, 0.25) is 0 Å². The van der Waals surface area contributed by atoms with Crippen molar-refractivity contribution in [3.63, 3.8) is 0 Å². The molecule has 0 saturated heterocycles. The van der Waals surface area contributed by atoms with Gasteiger partial charge in [-0.3, -0.25) is 14.2 Å². The molecule has 2 aromatic carbocycles. The van der Waals surface area contributed by atoms with E-state index in [-0.39, 0.29) is 34.8 Å². The van der Waals surface area contributed by atoms with E-state index < -0.39 is 17.1 Å². The highest BCUT2D eigenvalue weighted by molar-refractivity contribution is 7.20. The van der Waals surface area contributed by atoms with Crippen molar-refractivity contribution in [2.45, 2.75) is 27.3 Å². The van der Waals surface area contributed by atoms with E-state index in [1.54, 1.807) is 48.2 Å². The van der Waals surface area contributed by atoms with Crippen LogP contribution in [-0.4, -0.2) is 47.3 Å². The van der Waals surface area contributed by atoms with E-state index in [2.05, 4.69) is 0 Å². The monoisotopic (exact) mass is 525 g/mol. The van der Waals surface area contributed by atoms with E-state index in [9.17, 15) is 18.8 Å². The molecule has 4 aromatic rings. The number of rotatable bonds is 8. The first-order valence-corrected chi connectivity index (χ1v) is 12.6. The van der Waals surface area contributed by atoms with Crippen LogP contribution in [0.3, 0.4) is 0 Å². The number of nitrogens with zero attached hydrogens (tertiary/aromatic N) is 3. The Morgan fingerprint density at radius 1 is 1.05 bits per heavy atom. The topological polar surface area (TPSA) is 82.8 Å². The van der Waals surface area contributed by atoms with Crippen LogP contribution in [0.25, 0.3) is 15.9 Å². The molecule has 194 valence electrons. The van der Waals surface area contributed by atoms with Crippen molar-refractivity contribution in [1.82, 2.24) is 14.0 Å². The lowest BCUT2D eigenvalue weighted by atomic mass is 10.1. The molecule has 0 fully saturated rings. The van der Waals surface area contributed by atoms with Gasteiger partial charge in [0, 0.05) is 24.7 Å². The predicted octanol–water partition coefficient (Wildman–Crippen LogP) is 4.21. The molecule has 0 N–H and O–H groups in total. The number of fused-ring (bicyclic) bond motifs is 1. The summed E-state index contributed by atoms with van der Waals surface area (Å²) in [6, 6.07) is 10.9. The molecule has 0 aliphatic heterocycles. The Morgan fingerprint density at radius 2 is 1.76 bits per heavy atom. The number of halogens is 1. The van der Waals surface area contributed by atoms with Crippen molar-refractivity contribution in [2.75, 3.05) is 27.3 Å². The maximum Gasteiger partial charge on any atom is 0.337 e. The van der Waals surface area contributed by atoms with E-state index in [4.69, 9.17) is 9.47 Å². The van der Waals surface area contributed by atoms with Crippen molar-refractivity contribution < 1.29 is 18.7 Å². The fraction of sp³-hybridized carbons (Fsp3) is 0.296. The minimum absolute atomic E-state index is 0.125. The Balaban J connectivity index is 2.09. The Morgan fingerprint density at radius 3 is 2.38 bits per heavy atom. The summed E-state index contributed by atoms with van der Waals surface area (Å²) in [4.78, 5) is 43.4. The third kappa shape index (κ3) is 4.53. The van der Waals surface area contributed by atoms with Gasteiger partial charge in [-0.1, -0.05) is 18.2 Å². The number of carbonyl (C=O) groups is 1. The quantitative estimate of drug-likeness (QED) is 0.344. The van der Waals surface area contributed by atoms with Gasteiger partial charge in [-0.25, -0.2) is 13.8 Å². The summed E-state index contributed by atoms with van der Waals surface area (Å²) in [7, 11) is 2.92. The second kappa shape index (κ2) is 10.6. The fourth-order valence-electron chi connectivity index (χ4n) is 4.32. The van der Waals surface area contributed by atoms with Crippen LogP contribution in [0.1, 0.15) is 34.6 Å². The molecular weight excluding hydrogens is 497 g/mol. The molecule has 4 rings (SSSR count). The van der Waals surface area contributed by atoms with Crippen LogP contribution in [0, 0.1) is 12.7 Å². The second-order valence-corrected chi connectivity index (χ2v) is 9.35. The minimum atomic E-state index is -0.674. The van der Waals surface area contributed by atoms with Crippen molar-refractivity contribution in [3.8, 4) is 17.2 Å². The Bertz CT molecular complexity index is 1600. The SMILES string of the molecule is CCN(CC)C(=O)c1sc2c(c1C)c(=O)n(-c1ccc(OC)cc1OC)c(=O)n2Cc1ccccc1F. The Hall–Kier alpha value is -3.92. The summed E-state index contributed by atoms with van der Waals surface area (Å²) in [6.45, 7) is 6.32. The van der Waals surface area contributed by atoms with E-state index >= 15 is 0 Å². The van der Waals surface area contributed by atoms with Crippen LogP contribution >= 0.6 is 11.3 Å². The van der Waals surface area contributed by atoms with Gasteiger partial charge in [0.05, 0.1) is 36.7 Å². The van der Waals surface area contributed by atoms with Crippen molar-refractivity contribution in [1.29, 1.82) is 0 Å². The van der Waals surface area contributed by atoms with Gasteiger partial charge < -0.3 is 14.4 Å². The molecule has 37 heavy (non-hydrogen) atoms. The number of thiophene rings is 1. The Kier molecular flexibility index (Phi) is 7.49. The van der Waals surface area contributed by atoms with E-state index in [0.717, 1.165) is 15.9 Å². The van der Waals surface area contributed by atoms with E-state index in [0.29, 0.717) is 34.1 Å². The zero-order valence-electron chi connectivity index (χ0n) is 21.3. The average molecular weight is 526 g/mol. The van der Waals surface area contributed by atoms with Crippen LogP contribution in [0.2, 0.25) is 0 Å². The van der Waals surface area contributed by atoms with E-state index in [1.165, 1.54) is 24.9 Å². The summed E-state index contributed by atoms with van der Waals surface area (Å²) < 4.78 is 27.7. The third-order valence-electron chi connectivity index (χ3n) is 6.37. The largest absolute Gasteiger partial charge is 0.497 e. The fourth-order valence-corrected chi connectivity index (χ4v) is 5.58. The average Bonchev–Trinajstić information content (AvgIpc) is 3.25. The number of hydrogen-bond donors (Lipinski definition) is 0. The van der Waals surface area contributed by atoms with Gasteiger partial charge in [0.15, 0.2) is 0 Å². The molecule has 10 heteroatoms. The molecule has 0 unspecified atom stereocenters. The van der Waals surface area contributed by atoms with Gasteiger partial charge in [0.1, 0.15) is 22.1 Å². The lowest BCUT2D eigenvalue weighted by Gasteiger charge is -2.17. The maximum atomic E-state index is 14.6. The molecule has 0 aliphatic rings. The van der Waals surface area contributed by atoms with E-state index in [1.807, 2.05) is 13.8 Å². The van der Waals surface area contributed by atoms with Gasteiger partial charge in [-0.15, -0.1) is 11.3 Å². The lowest BCUT2D eigenvalue weighted by Crippen LogP contribution is -2.39. The van der Waals surface area contributed by atoms with Crippen LogP contribution in [0.4, 0.5) is 4.39 Å². The number of amides is 1. The number of ether oxygens (including phenoxy) is 2. The molecule has 2 heterocycles. The molecule has 0 spiro atoms. The van der Waals surface area contributed by atoms with Crippen molar-refractivity contribution in [2.24, 2.45) is 0 Å². The zero-order valence-corrected chi connectivity index (χ0v) is 22.1. The normalized spacial score (nSPS) is 11.1. The first-order chi connectivity index (χ1) is 17.8. The van der Waals surface area contributed by atoms with Gasteiger partial charge >= 0.3 is 5.69 Å². The minimum Gasteiger partial charge on any atom is -0.497 e. The standard InChI is InChI=1S/C27H28FN3O5S/c1-6-29(7-2)25(33)23-16(3)22-24(32)31(20-13-12-18(35-4)14-21(20)36-5)27(34)30(26(22)37-23)15-17-10-8-9-11-19(17)28/h8-14H,6-7,15H2,1-5H3. The van der Waals surface area contributed by atoms with Gasteiger partial charge in [-0.2, -0.15) is 0 Å². The number of carbonyl (C=O) groups excluding carboxylic acids is 1. The van der Waals surface area contributed by atoms with Gasteiger partial charge in [0.25, 0.3) is 11.5 Å². The first kappa shape index (κ1) is 26.2. The van der Waals surface area contributed by atoms with Crippen molar-refractivity contribution in [3.05, 3.63) is 85.1 Å². The number of methoxy groups -OCH3 is 2. The van der Waals surface area contributed by atoms with Crippen LogP contribution in [-0.2, 0) is 6.54 Å². The maximum absolute atomic E-state index is 14.6. The number of benzene rings is 2. The lowest BCUT2D eigenvalue weighted by molar-refractivity contribution is 0.0777. The highest BCUT2D eigenvalue weighted by Crippen LogP contribution is 2.31. The highest BCUT2D eigenvalue weighted by atomic mass is 32.1. The summed E-state index contributed by atoms with van der Waals surface area (Å²) in [5.74, 6) is 0.0412. The summed E-state index contributed by atoms with van der Waals surface area (Å²) in [5, 5.41) is 0.231. The third-order valence-corrected chi connectivity index (χ3v) is 7.67. The predicted molar refractivity (Wildman–Crippen MR) is 142 cm³/mol.